The molecule has 0 N–H and O–H groups in total. The summed E-state index contributed by atoms with van der Waals surface area (Å²) in [5.74, 6) is 6.10. The number of carbonyl (C=O) groups is 1. The summed E-state index contributed by atoms with van der Waals surface area (Å²) in [7, 11) is 0. The molecule has 9 unspecified atom stereocenters. The summed E-state index contributed by atoms with van der Waals surface area (Å²) in [5.41, 5.74) is 2.49. The fraction of sp³-hybridized carbons (Fsp3) is 0.792. The Balaban J connectivity index is 1.07. The van der Waals surface area contributed by atoms with Gasteiger partial charge in [-0.05, 0) is 155 Å². The van der Waals surface area contributed by atoms with Gasteiger partial charge in [-0.15, -0.1) is 0 Å². The maximum Gasteiger partial charge on any atom is 0.306 e. The highest BCUT2D eigenvalue weighted by atomic mass is 16.5. The molecule has 0 spiro atoms. The van der Waals surface area contributed by atoms with Crippen molar-refractivity contribution in [2.75, 3.05) is 0 Å². The summed E-state index contributed by atoms with van der Waals surface area (Å²) < 4.78 is 6.15. The van der Waals surface area contributed by atoms with Crippen molar-refractivity contribution >= 4 is 5.97 Å². The van der Waals surface area contributed by atoms with Crippen LogP contribution >= 0.6 is 0 Å². The minimum atomic E-state index is 0.0437. The fourth-order valence-electron chi connectivity index (χ4n) is 12.3. The van der Waals surface area contributed by atoms with E-state index in [4.69, 9.17) is 4.74 Å². The highest BCUT2D eigenvalue weighted by Gasteiger charge is 2.59. The van der Waals surface area contributed by atoms with Crippen molar-refractivity contribution in [1.82, 2.24) is 0 Å². The molecule has 4 aliphatic rings. The minimum Gasteiger partial charge on any atom is -0.462 e. The molecule has 2 nitrogen and oxygen atoms in total. The minimum absolute atomic E-state index is 0.0437. The van der Waals surface area contributed by atoms with Crippen LogP contribution in [-0.2, 0) is 9.53 Å². The van der Waals surface area contributed by atoms with Crippen LogP contribution in [0, 0.1) is 52.3 Å². The molecule has 3 fully saturated rings. The van der Waals surface area contributed by atoms with E-state index >= 15 is 0 Å². The average Bonchev–Trinajstić information content (AvgIpc) is 3.53. The van der Waals surface area contributed by atoms with E-state index in [1.165, 1.54) is 103 Å². The van der Waals surface area contributed by atoms with Gasteiger partial charge in [-0.2, -0.15) is 0 Å². The number of rotatable bonds is 25. The summed E-state index contributed by atoms with van der Waals surface area (Å²) in [6, 6.07) is 0. The van der Waals surface area contributed by atoms with E-state index in [0.29, 0.717) is 17.3 Å². The van der Waals surface area contributed by atoms with E-state index in [-0.39, 0.29) is 12.1 Å². The molecule has 2 heteroatoms. The lowest BCUT2D eigenvalue weighted by molar-refractivity contribution is -0.151. The normalized spacial score (nSPS) is 30.6. The van der Waals surface area contributed by atoms with Crippen LogP contribution in [0.15, 0.2) is 60.3 Å². The van der Waals surface area contributed by atoms with Crippen LogP contribution in [0.4, 0.5) is 0 Å². The number of unbranched alkanes of at least 4 members (excludes halogenated alkanes) is 8. The largest absolute Gasteiger partial charge is 0.462 e. The zero-order chi connectivity index (χ0) is 39.5. The van der Waals surface area contributed by atoms with Crippen molar-refractivity contribution in [2.24, 2.45) is 52.3 Å². The van der Waals surface area contributed by atoms with Crippen LogP contribution < -0.4 is 0 Å². The molecule has 0 aromatic rings. The number of ether oxygens (including phenoxy) is 1. The summed E-state index contributed by atoms with van der Waals surface area (Å²) >= 11 is 0. The molecule has 0 aromatic carbocycles. The lowest BCUT2D eigenvalue weighted by Crippen LogP contribution is -2.51. The topological polar surface area (TPSA) is 26.3 Å². The van der Waals surface area contributed by atoms with Gasteiger partial charge in [0.25, 0.3) is 0 Å². The zero-order valence-electron chi connectivity index (χ0n) is 37.3. The molecule has 55 heavy (non-hydrogen) atoms. The number of allylic oxidation sites excluding steroid dienone is 9. The summed E-state index contributed by atoms with van der Waals surface area (Å²) in [6.07, 6.45) is 51.4. The molecule has 0 heterocycles. The monoisotopic (exact) mass is 757 g/mol. The third-order valence-corrected chi connectivity index (χ3v) is 15.8. The van der Waals surface area contributed by atoms with Crippen LogP contribution in [0.1, 0.15) is 209 Å². The van der Waals surface area contributed by atoms with E-state index in [9.17, 15) is 4.79 Å². The molecule has 9 atom stereocenters. The SMILES string of the molecule is CCCCC/C=C\C/C=C\C/C=C\C/C=C\CCCCCCCC(=O)OC1CCC2(C)C(=CCC3C2CCC2(C)C(C(C)CCC(CC)C(C)C)CCC32)C1. The van der Waals surface area contributed by atoms with Gasteiger partial charge in [-0.1, -0.05) is 154 Å². The van der Waals surface area contributed by atoms with E-state index in [2.05, 4.69) is 103 Å². The number of esters is 1. The molecule has 0 bridgehead atoms. The lowest BCUT2D eigenvalue weighted by atomic mass is 9.47. The van der Waals surface area contributed by atoms with Crippen molar-refractivity contribution in [1.29, 1.82) is 0 Å². The summed E-state index contributed by atoms with van der Waals surface area (Å²) in [4.78, 5) is 12.9. The first kappa shape index (κ1) is 45.9. The first-order valence-electron chi connectivity index (χ1n) is 24.1. The first-order valence-corrected chi connectivity index (χ1v) is 24.1. The predicted octanol–water partition coefficient (Wildman–Crippen LogP) is 16.3. The van der Waals surface area contributed by atoms with Crippen molar-refractivity contribution in [2.45, 2.75) is 215 Å². The van der Waals surface area contributed by atoms with Gasteiger partial charge in [0.2, 0.25) is 0 Å². The molecule has 0 amide bonds. The standard InChI is InChI=1S/C53H88O2/c1-8-10-11-12-13-14-15-16-17-18-19-20-21-22-23-24-25-26-27-28-29-30-51(54)55-46-37-39-52(6)45(41-46)33-34-47-49-36-35-48(53(49,7)40-38-50(47)52)43(5)31-32-44(9-2)42(3)4/h13-14,16-17,19-20,22-23,33,42-44,46-50H,8-12,15,18,21,24-32,34-41H2,1-7H3/b14-13-,17-16-,20-19-,23-22-. The molecule has 0 radical (unpaired) electrons. The van der Waals surface area contributed by atoms with Crippen molar-refractivity contribution in [3.8, 4) is 0 Å². The van der Waals surface area contributed by atoms with Crippen LogP contribution in [0.25, 0.3) is 0 Å². The highest BCUT2D eigenvalue weighted by molar-refractivity contribution is 5.69. The molecule has 0 saturated heterocycles. The Morgan fingerprint density at radius 1 is 0.745 bits per heavy atom. The predicted molar refractivity (Wildman–Crippen MR) is 239 cm³/mol. The molecular weight excluding hydrogens is 669 g/mol. The van der Waals surface area contributed by atoms with Crippen molar-refractivity contribution < 1.29 is 9.53 Å². The van der Waals surface area contributed by atoms with E-state index in [1.54, 1.807) is 5.57 Å². The Kier molecular flexibility index (Phi) is 20.2. The fourth-order valence-corrected chi connectivity index (χ4v) is 12.3. The van der Waals surface area contributed by atoms with Gasteiger partial charge in [-0.25, -0.2) is 0 Å². The Bertz CT molecular complexity index is 1250. The molecule has 0 aromatic heterocycles. The maximum absolute atomic E-state index is 12.9. The third-order valence-electron chi connectivity index (χ3n) is 15.8. The maximum atomic E-state index is 12.9. The number of hydrogen-bond donors (Lipinski definition) is 0. The Hall–Kier alpha value is -1.83. The molecule has 312 valence electrons. The Morgan fingerprint density at radius 2 is 1.38 bits per heavy atom. The summed E-state index contributed by atoms with van der Waals surface area (Å²) in [5, 5.41) is 0. The Morgan fingerprint density at radius 3 is 2.04 bits per heavy atom. The second kappa shape index (κ2) is 24.2. The quantitative estimate of drug-likeness (QED) is 0.0527. The molecule has 4 rings (SSSR count). The van der Waals surface area contributed by atoms with Gasteiger partial charge in [0.15, 0.2) is 0 Å². The van der Waals surface area contributed by atoms with Gasteiger partial charge in [0.05, 0.1) is 0 Å². The van der Waals surface area contributed by atoms with E-state index < -0.39 is 0 Å². The molecular formula is C53H88O2. The second-order valence-electron chi connectivity index (χ2n) is 19.7. The van der Waals surface area contributed by atoms with Crippen molar-refractivity contribution in [3.05, 3.63) is 60.3 Å². The van der Waals surface area contributed by atoms with Crippen LogP contribution in [-0.4, -0.2) is 12.1 Å². The number of carbonyl (C=O) groups excluding carboxylic acids is 1. The van der Waals surface area contributed by atoms with Crippen LogP contribution in [0.5, 0.6) is 0 Å². The second-order valence-corrected chi connectivity index (χ2v) is 19.7. The molecule has 3 saturated carbocycles. The highest BCUT2D eigenvalue weighted by Crippen LogP contribution is 2.67. The smallest absolute Gasteiger partial charge is 0.306 e. The average molecular weight is 757 g/mol. The van der Waals surface area contributed by atoms with E-state index in [1.807, 2.05) is 0 Å². The first-order chi connectivity index (χ1) is 26.6. The number of fused-ring (bicyclic) bond motifs is 5. The van der Waals surface area contributed by atoms with E-state index in [0.717, 1.165) is 92.8 Å². The van der Waals surface area contributed by atoms with Crippen LogP contribution in [0.3, 0.4) is 0 Å². The van der Waals surface area contributed by atoms with Gasteiger partial charge in [-0.3, -0.25) is 4.79 Å². The van der Waals surface area contributed by atoms with Crippen LogP contribution in [0.2, 0.25) is 0 Å². The zero-order valence-corrected chi connectivity index (χ0v) is 37.3. The van der Waals surface area contributed by atoms with Crippen molar-refractivity contribution in [3.63, 3.8) is 0 Å². The lowest BCUT2D eigenvalue weighted by Gasteiger charge is -2.58. The molecule has 0 aliphatic heterocycles. The number of hydrogen-bond acceptors (Lipinski definition) is 2. The summed E-state index contributed by atoms with van der Waals surface area (Å²) in [6.45, 7) is 17.4. The van der Waals surface area contributed by atoms with Gasteiger partial charge < -0.3 is 4.74 Å². The Labute approximate surface area is 342 Å². The van der Waals surface area contributed by atoms with Gasteiger partial charge in [0.1, 0.15) is 6.10 Å². The van der Waals surface area contributed by atoms with Gasteiger partial charge >= 0.3 is 5.97 Å². The van der Waals surface area contributed by atoms with Gasteiger partial charge in [0, 0.05) is 12.8 Å². The molecule has 4 aliphatic carbocycles. The third kappa shape index (κ3) is 13.6.